The monoisotopic (exact) mass is 292 g/mol. The molecule has 0 spiro atoms. The zero-order valence-corrected chi connectivity index (χ0v) is 12.6. The molecule has 0 unspecified atom stereocenters. The van der Waals surface area contributed by atoms with Crippen molar-refractivity contribution >= 4 is 11.8 Å². The van der Waals surface area contributed by atoms with Crippen molar-refractivity contribution in [2.45, 2.75) is 51.9 Å². The molecule has 0 fully saturated rings. The van der Waals surface area contributed by atoms with Gasteiger partial charge in [-0.05, 0) is 31.9 Å². The SMILES string of the molecule is CCOC(=O)CCCCCCCC(=O)c1ccccc1O. The smallest absolute Gasteiger partial charge is 0.305 e. The second-order valence-corrected chi connectivity index (χ2v) is 5.01. The van der Waals surface area contributed by atoms with Gasteiger partial charge in [0.15, 0.2) is 5.78 Å². The number of hydrogen-bond acceptors (Lipinski definition) is 4. The van der Waals surface area contributed by atoms with Crippen molar-refractivity contribution in [3.05, 3.63) is 29.8 Å². The van der Waals surface area contributed by atoms with Crippen molar-refractivity contribution < 1.29 is 19.4 Å². The molecule has 0 amide bonds. The van der Waals surface area contributed by atoms with Gasteiger partial charge >= 0.3 is 5.97 Å². The number of benzene rings is 1. The molecule has 116 valence electrons. The lowest BCUT2D eigenvalue weighted by Crippen LogP contribution is -2.03. The summed E-state index contributed by atoms with van der Waals surface area (Å²) in [6.45, 7) is 2.24. The van der Waals surface area contributed by atoms with Crippen molar-refractivity contribution in [1.82, 2.24) is 0 Å². The molecule has 4 nitrogen and oxygen atoms in total. The normalized spacial score (nSPS) is 10.3. The molecule has 4 heteroatoms. The average molecular weight is 292 g/mol. The van der Waals surface area contributed by atoms with Gasteiger partial charge in [-0.2, -0.15) is 0 Å². The molecule has 0 atom stereocenters. The van der Waals surface area contributed by atoms with E-state index in [4.69, 9.17) is 4.74 Å². The highest BCUT2D eigenvalue weighted by molar-refractivity contribution is 5.98. The van der Waals surface area contributed by atoms with Gasteiger partial charge in [-0.15, -0.1) is 0 Å². The van der Waals surface area contributed by atoms with Crippen LogP contribution in [0.4, 0.5) is 0 Å². The van der Waals surface area contributed by atoms with E-state index in [-0.39, 0.29) is 17.5 Å². The molecule has 21 heavy (non-hydrogen) atoms. The van der Waals surface area contributed by atoms with Gasteiger partial charge in [0.25, 0.3) is 0 Å². The zero-order chi connectivity index (χ0) is 15.5. The lowest BCUT2D eigenvalue weighted by molar-refractivity contribution is -0.143. The molecular weight excluding hydrogens is 268 g/mol. The molecule has 0 aliphatic carbocycles. The first kappa shape index (κ1) is 17.2. The summed E-state index contributed by atoms with van der Waals surface area (Å²) in [4.78, 5) is 23.0. The van der Waals surface area contributed by atoms with E-state index in [1.54, 1.807) is 25.1 Å². The molecule has 0 saturated carbocycles. The van der Waals surface area contributed by atoms with E-state index >= 15 is 0 Å². The Hall–Kier alpha value is -1.84. The molecule has 0 aliphatic heterocycles. The van der Waals surface area contributed by atoms with Crippen LogP contribution in [0.15, 0.2) is 24.3 Å². The maximum Gasteiger partial charge on any atom is 0.305 e. The minimum Gasteiger partial charge on any atom is -0.507 e. The number of aromatic hydroxyl groups is 1. The van der Waals surface area contributed by atoms with Crippen LogP contribution in [0.25, 0.3) is 0 Å². The summed E-state index contributed by atoms with van der Waals surface area (Å²) in [5.74, 6) is -0.0937. The van der Waals surface area contributed by atoms with Gasteiger partial charge in [0, 0.05) is 12.8 Å². The van der Waals surface area contributed by atoms with Gasteiger partial charge < -0.3 is 9.84 Å². The summed E-state index contributed by atoms with van der Waals surface area (Å²) in [5, 5.41) is 9.58. The van der Waals surface area contributed by atoms with Crippen molar-refractivity contribution in [1.29, 1.82) is 0 Å². The maximum atomic E-state index is 11.9. The van der Waals surface area contributed by atoms with Gasteiger partial charge in [0.2, 0.25) is 0 Å². The van der Waals surface area contributed by atoms with E-state index in [1.807, 2.05) is 0 Å². The van der Waals surface area contributed by atoms with Crippen LogP contribution >= 0.6 is 0 Å². The summed E-state index contributed by atoms with van der Waals surface area (Å²) in [7, 11) is 0. The number of esters is 1. The number of unbranched alkanes of at least 4 members (excludes halogenated alkanes) is 4. The van der Waals surface area contributed by atoms with Gasteiger partial charge in [-0.3, -0.25) is 9.59 Å². The number of ketones is 1. The van der Waals surface area contributed by atoms with Crippen molar-refractivity contribution in [3.63, 3.8) is 0 Å². The number of hydrogen-bond donors (Lipinski definition) is 1. The molecule has 1 rings (SSSR count). The van der Waals surface area contributed by atoms with Gasteiger partial charge in [0.1, 0.15) is 5.75 Å². The molecule has 0 radical (unpaired) electrons. The quantitative estimate of drug-likeness (QED) is 0.404. The number of Topliss-reactive ketones (excluding diaryl/α,β-unsaturated/α-hetero) is 1. The maximum absolute atomic E-state index is 11.9. The number of phenols is 1. The summed E-state index contributed by atoms with van der Waals surface area (Å²) in [5.41, 5.74) is 0.403. The Morgan fingerprint density at radius 2 is 1.62 bits per heavy atom. The van der Waals surface area contributed by atoms with Gasteiger partial charge in [-0.25, -0.2) is 0 Å². The number of rotatable bonds is 10. The number of ether oxygens (including phenoxy) is 1. The summed E-state index contributed by atoms with van der Waals surface area (Å²) in [6, 6.07) is 6.64. The zero-order valence-electron chi connectivity index (χ0n) is 12.6. The number of carbonyl (C=O) groups is 2. The number of para-hydroxylation sites is 1. The van der Waals surface area contributed by atoms with E-state index < -0.39 is 0 Å². The van der Waals surface area contributed by atoms with Crippen LogP contribution in [-0.4, -0.2) is 23.5 Å². The third-order valence-corrected chi connectivity index (χ3v) is 3.29. The van der Waals surface area contributed by atoms with Gasteiger partial charge in [-0.1, -0.05) is 31.4 Å². The van der Waals surface area contributed by atoms with Crippen LogP contribution in [0.1, 0.15) is 62.2 Å². The first-order chi connectivity index (χ1) is 10.1. The summed E-state index contributed by atoms with van der Waals surface area (Å²) >= 11 is 0. The average Bonchev–Trinajstić information content (AvgIpc) is 2.46. The predicted molar refractivity (Wildman–Crippen MR) is 81.4 cm³/mol. The summed E-state index contributed by atoms with van der Waals surface area (Å²) in [6.07, 6.45) is 5.53. The lowest BCUT2D eigenvalue weighted by Gasteiger charge is -2.04. The minimum absolute atomic E-state index is 0.0142. The Labute approximate surface area is 126 Å². The van der Waals surface area contributed by atoms with E-state index in [2.05, 4.69) is 0 Å². The molecule has 1 aromatic carbocycles. The van der Waals surface area contributed by atoms with Crippen molar-refractivity contribution in [3.8, 4) is 5.75 Å². The molecule has 0 aromatic heterocycles. The highest BCUT2D eigenvalue weighted by Gasteiger charge is 2.09. The Bertz CT molecular complexity index is 454. The van der Waals surface area contributed by atoms with E-state index in [0.717, 1.165) is 32.1 Å². The third-order valence-electron chi connectivity index (χ3n) is 3.29. The second-order valence-electron chi connectivity index (χ2n) is 5.01. The fraction of sp³-hybridized carbons (Fsp3) is 0.529. The van der Waals surface area contributed by atoms with Crippen LogP contribution in [0.2, 0.25) is 0 Å². The molecule has 0 bridgehead atoms. The van der Waals surface area contributed by atoms with Gasteiger partial charge in [0.05, 0.1) is 12.2 Å². The molecule has 0 heterocycles. The fourth-order valence-corrected chi connectivity index (χ4v) is 2.16. The first-order valence-corrected chi connectivity index (χ1v) is 7.62. The molecule has 0 saturated heterocycles. The first-order valence-electron chi connectivity index (χ1n) is 7.62. The van der Waals surface area contributed by atoms with Crippen LogP contribution < -0.4 is 0 Å². The largest absolute Gasteiger partial charge is 0.507 e. The molecule has 1 aromatic rings. The Morgan fingerprint density at radius 1 is 1.00 bits per heavy atom. The van der Waals surface area contributed by atoms with Crippen molar-refractivity contribution in [2.24, 2.45) is 0 Å². The number of carbonyl (C=O) groups excluding carboxylic acids is 2. The van der Waals surface area contributed by atoms with E-state index in [0.29, 0.717) is 25.0 Å². The van der Waals surface area contributed by atoms with Crippen molar-refractivity contribution in [2.75, 3.05) is 6.61 Å². The highest BCUT2D eigenvalue weighted by Crippen LogP contribution is 2.19. The molecular formula is C17H24O4. The van der Waals surface area contributed by atoms with Crippen LogP contribution in [0.3, 0.4) is 0 Å². The predicted octanol–water partition coefficient (Wildman–Crippen LogP) is 3.87. The van der Waals surface area contributed by atoms with E-state index in [1.165, 1.54) is 6.07 Å². The van der Waals surface area contributed by atoms with Crippen LogP contribution in [-0.2, 0) is 9.53 Å². The Balaban J connectivity index is 2.08. The topological polar surface area (TPSA) is 63.6 Å². The highest BCUT2D eigenvalue weighted by atomic mass is 16.5. The minimum atomic E-state index is -0.132. The lowest BCUT2D eigenvalue weighted by atomic mass is 10.0. The second kappa shape index (κ2) is 9.97. The summed E-state index contributed by atoms with van der Waals surface area (Å²) < 4.78 is 4.85. The Kier molecular flexibility index (Phi) is 8.17. The van der Waals surface area contributed by atoms with E-state index in [9.17, 15) is 14.7 Å². The number of phenolic OH excluding ortho intramolecular Hbond substituents is 1. The Morgan fingerprint density at radius 3 is 2.29 bits per heavy atom. The standard InChI is InChI=1S/C17H24O4/c1-2-21-17(20)13-7-5-3-4-6-11-15(18)14-10-8-9-12-16(14)19/h8-10,12,19H,2-7,11,13H2,1H3. The third kappa shape index (κ3) is 6.93. The molecule has 1 N–H and O–H groups in total. The van der Waals surface area contributed by atoms with Crippen LogP contribution in [0, 0.1) is 0 Å². The fourth-order valence-electron chi connectivity index (χ4n) is 2.16. The molecule has 0 aliphatic rings. The van der Waals surface area contributed by atoms with Crippen LogP contribution in [0.5, 0.6) is 5.75 Å².